The molecule has 0 bridgehead atoms. The lowest BCUT2D eigenvalue weighted by Crippen LogP contribution is -2.48. The number of guanidine groups is 1. The number of nitrogens with zero attached hydrogens (tertiary/aromatic N) is 3. The molecule has 0 aliphatic heterocycles. The monoisotopic (exact) mass is 873 g/mol. The van der Waals surface area contributed by atoms with Crippen LogP contribution < -0.4 is 42.8 Å². The van der Waals surface area contributed by atoms with Crippen LogP contribution >= 0.6 is 37.2 Å². The fourth-order valence-electron chi connectivity index (χ4n) is 5.61. The third-order valence-electron chi connectivity index (χ3n) is 8.54. The van der Waals surface area contributed by atoms with E-state index >= 15 is 0 Å². The van der Waals surface area contributed by atoms with Crippen molar-refractivity contribution in [1.29, 1.82) is 5.41 Å². The largest absolute Gasteiger partial charge is 0.494 e. The number of carboxylic acid groups (broad SMARTS) is 1. The number of nitrogens with one attached hydrogen (secondary N) is 6. The normalized spacial score (nSPS) is 11.4. The topological polar surface area (TPSA) is 264 Å². The molecule has 17 nitrogen and oxygen atoms in total. The summed E-state index contributed by atoms with van der Waals surface area (Å²) in [7, 11) is 1.25. The van der Waals surface area contributed by atoms with Gasteiger partial charge in [0.15, 0.2) is 29.0 Å². The number of ether oxygens (including phenoxy) is 1. The summed E-state index contributed by atoms with van der Waals surface area (Å²) in [6.07, 6.45) is 5.75. The molecular formula is C36H48Cl3F2N11O6. The van der Waals surface area contributed by atoms with Crippen molar-refractivity contribution in [2.45, 2.75) is 57.5 Å². The summed E-state index contributed by atoms with van der Waals surface area (Å²) in [5.41, 5.74) is 13.2. The van der Waals surface area contributed by atoms with Crippen molar-refractivity contribution in [3.63, 3.8) is 0 Å². The first-order chi connectivity index (χ1) is 26.3. The Balaban J connectivity index is 0.00000561. The number of halogens is 5. The van der Waals surface area contributed by atoms with Gasteiger partial charge in [-0.2, -0.15) is 4.39 Å². The molecule has 2 aromatic carbocycles. The number of hydrogen-bond acceptors (Lipinski definition) is 10. The molecule has 3 amide bonds. The minimum Gasteiger partial charge on any atom is -0.494 e. The van der Waals surface area contributed by atoms with Gasteiger partial charge in [0, 0.05) is 55.3 Å². The number of carboxylic acids is 1. The van der Waals surface area contributed by atoms with Gasteiger partial charge in [0.25, 0.3) is 5.91 Å². The summed E-state index contributed by atoms with van der Waals surface area (Å²) in [6.45, 7) is 2.64. The number of aromatic nitrogens is 3. The molecule has 2 heterocycles. The average molecular weight is 875 g/mol. The Morgan fingerprint density at radius 2 is 1.67 bits per heavy atom. The molecule has 0 saturated heterocycles. The highest BCUT2D eigenvalue weighted by atomic mass is 35.5. The van der Waals surface area contributed by atoms with Gasteiger partial charge in [-0.15, -0.1) is 37.2 Å². The third kappa shape index (κ3) is 13.6. The van der Waals surface area contributed by atoms with Crippen LogP contribution in [-0.2, 0) is 20.8 Å². The molecule has 4 aromatic rings. The number of methoxy groups -OCH3 is 1. The standard InChI is InChI=1S/C36H45F2N11O6.3ClH/c1-3-20-18-21(47-31-32-46-19-26(49(32)17-16-42-31)23-9-11-27(55-2)30(38)29(23)37)7-8-22(20)33(51)43-14-5-15-44-34(52)25(6-4-13-45-36(40)41)48-28(50)12-10-24(39)35(53)54;;;/h7-9,11,16-19,24-25H,3-6,10,12-15,39H2,1-2H3,(H,42,47)(H,43,51)(H,44,52)(H,48,50)(H,53,54)(H4,40,41,45);3*1H/t24-,25-;;;/m0.../s1. The summed E-state index contributed by atoms with van der Waals surface area (Å²) in [5, 5.41) is 30.3. The lowest BCUT2D eigenvalue weighted by atomic mass is 10.0. The van der Waals surface area contributed by atoms with Crippen LogP contribution in [0.5, 0.6) is 5.75 Å². The number of anilines is 2. The van der Waals surface area contributed by atoms with Gasteiger partial charge in [-0.05, 0) is 68.0 Å². The van der Waals surface area contributed by atoms with Gasteiger partial charge in [0.05, 0.1) is 19.0 Å². The first-order valence-corrected chi connectivity index (χ1v) is 17.5. The van der Waals surface area contributed by atoms with Crippen molar-refractivity contribution in [2.75, 3.05) is 32.1 Å². The Bertz CT molecular complexity index is 2040. The van der Waals surface area contributed by atoms with Crippen LogP contribution in [0.1, 0.15) is 54.9 Å². The Morgan fingerprint density at radius 3 is 2.34 bits per heavy atom. The molecule has 11 N–H and O–H groups in total. The molecule has 2 atom stereocenters. The smallest absolute Gasteiger partial charge is 0.320 e. The number of hydrogen-bond donors (Lipinski definition) is 9. The number of aryl methyl sites for hydroxylation is 1. The zero-order valence-corrected chi connectivity index (χ0v) is 34.1. The first kappa shape index (κ1) is 50.5. The average Bonchev–Trinajstić information content (AvgIpc) is 3.60. The van der Waals surface area contributed by atoms with Gasteiger partial charge >= 0.3 is 5.97 Å². The second-order valence-electron chi connectivity index (χ2n) is 12.4. The van der Waals surface area contributed by atoms with Gasteiger partial charge in [-0.3, -0.25) is 29.0 Å². The maximum Gasteiger partial charge on any atom is 0.320 e. The third-order valence-corrected chi connectivity index (χ3v) is 8.54. The molecule has 0 unspecified atom stereocenters. The summed E-state index contributed by atoms with van der Waals surface area (Å²) in [5.74, 6) is -4.81. The van der Waals surface area contributed by atoms with Crippen molar-refractivity contribution < 1.29 is 37.8 Å². The van der Waals surface area contributed by atoms with Crippen molar-refractivity contribution in [3.8, 4) is 17.0 Å². The Hall–Kier alpha value is -5.50. The van der Waals surface area contributed by atoms with Crippen molar-refractivity contribution in [1.82, 2.24) is 35.6 Å². The minimum atomic E-state index is -1.23. The highest BCUT2D eigenvalue weighted by Gasteiger charge is 2.22. The lowest BCUT2D eigenvalue weighted by Gasteiger charge is -2.19. The summed E-state index contributed by atoms with van der Waals surface area (Å²) < 4.78 is 35.8. The molecule has 0 radical (unpaired) electrons. The number of carbonyl (C=O) groups excluding carboxylic acids is 3. The summed E-state index contributed by atoms with van der Waals surface area (Å²) in [4.78, 5) is 58.2. The molecule has 0 spiro atoms. The molecule has 2 aromatic heterocycles. The van der Waals surface area contributed by atoms with E-state index in [0.29, 0.717) is 54.2 Å². The molecule has 0 saturated carbocycles. The van der Waals surface area contributed by atoms with Crippen LogP contribution in [0.2, 0.25) is 0 Å². The maximum atomic E-state index is 14.9. The minimum absolute atomic E-state index is 0. The molecular weight excluding hydrogens is 827 g/mol. The van der Waals surface area contributed by atoms with Gasteiger partial charge in [0.2, 0.25) is 17.6 Å². The number of carbonyl (C=O) groups is 4. The quantitative estimate of drug-likeness (QED) is 0.0352. The van der Waals surface area contributed by atoms with Crippen molar-refractivity contribution in [2.24, 2.45) is 11.5 Å². The SMILES string of the molecule is CCc1cc(Nc2nccn3c(-c4ccc(OC)c(F)c4F)cnc23)ccc1C(=O)NCCCNC(=O)[C@H](CCCNC(=N)N)NC(=O)CC[C@H](N)C(=O)O.Cl.Cl.Cl. The molecule has 0 aliphatic rings. The van der Waals surface area contributed by atoms with Crippen molar-refractivity contribution in [3.05, 3.63) is 71.7 Å². The zero-order chi connectivity index (χ0) is 40.1. The molecule has 58 heavy (non-hydrogen) atoms. The van der Waals surface area contributed by atoms with Crippen LogP contribution in [0.4, 0.5) is 20.3 Å². The predicted molar refractivity (Wildman–Crippen MR) is 222 cm³/mol. The van der Waals surface area contributed by atoms with E-state index in [2.05, 4.69) is 36.6 Å². The molecule has 0 aliphatic carbocycles. The van der Waals surface area contributed by atoms with E-state index in [4.69, 9.17) is 26.7 Å². The fraction of sp³-hybridized carbons (Fsp3) is 0.361. The van der Waals surface area contributed by atoms with E-state index in [1.807, 2.05) is 6.92 Å². The lowest BCUT2D eigenvalue weighted by molar-refractivity contribution is -0.139. The Morgan fingerprint density at radius 1 is 0.966 bits per heavy atom. The van der Waals surface area contributed by atoms with Gasteiger partial charge in [-0.25, -0.2) is 14.4 Å². The van der Waals surface area contributed by atoms with Crippen LogP contribution in [0, 0.1) is 17.0 Å². The highest BCUT2D eigenvalue weighted by molar-refractivity contribution is 5.96. The van der Waals surface area contributed by atoms with E-state index in [0.717, 1.165) is 5.56 Å². The second kappa shape index (κ2) is 24.3. The Kier molecular flexibility index (Phi) is 21.2. The molecule has 4 rings (SSSR count). The van der Waals surface area contributed by atoms with Crippen LogP contribution in [-0.4, -0.2) is 88.0 Å². The van der Waals surface area contributed by atoms with E-state index in [-0.39, 0.29) is 92.8 Å². The number of amides is 3. The first-order valence-electron chi connectivity index (χ1n) is 17.5. The van der Waals surface area contributed by atoms with Crippen LogP contribution in [0.3, 0.4) is 0 Å². The number of aliphatic carboxylic acids is 1. The van der Waals surface area contributed by atoms with Gasteiger partial charge in [0.1, 0.15) is 12.1 Å². The van der Waals surface area contributed by atoms with Crippen LogP contribution in [0.25, 0.3) is 16.9 Å². The number of rotatable bonds is 20. The summed E-state index contributed by atoms with van der Waals surface area (Å²) in [6, 6.07) is 5.80. The van der Waals surface area contributed by atoms with Crippen molar-refractivity contribution >= 4 is 84.0 Å². The van der Waals surface area contributed by atoms with E-state index in [1.54, 1.807) is 28.8 Å². The molecule has 0 fully saturated rings. The number of benzene rings is 2. The van der Waals surface area contributed by atoms with Gasteiger partial charge < -0.3 is 47.9 Å². The fourth-order valence-corrected chi connectivity index (χ4v) is 5.61. The molecule has 22 heteroatoms. The predicted octanol–water partition coefficient (Wildman–Crippen LogP) is 3.43. The summed E-state index contributed by atoms with van der Waals surface area (Å²) >= 11 is 0. The van der Waals surface area contributed by atoms with E-state index < -0.39 is 41.5 Å². The maximum absolute atomic E-state index is 14.9. The van der Waals surface area contributed by atoms with E-state index in [1.165, 1.54) is 31.6 Å². The zero-order valence-electron chi connectivity index (χ0n) is 31.6. The molecule has 318 valence electrons. The number of nitrogens with two attached hydrogens (primary N) is 2. The number of imidazole rings is 1. The second-order valence-corrected chi connectivity index (χ2v) is 12.4. The van der Waals surface area contributed by atoms with Gasteiger partial charge in [-0.1, -0.05) is 6.92 Å². The van der Waals surface area contributed by atoms with E-state index in [9.17, 15) is 28.0 Å². The number of fused-ring (bicyclic) bond motifs is 1. The highest BCUT2D eigenvalue weighted by Crippen LogP contribution is 2.31. The van der Waals surface area contributed by atoms with Crippen LogP contribution in [0.15, 0.2) is 48.9 Å². The Labute approximate surface area is 351 Å².